The van der Waals surface area contributed by atoms with E-state index in [1.807, 2.05) is 13.0 Å². The number of nitrogens with zero attached hydrogens (tertiary/aromatic N) is 2. The Labute approximate surface area is 188 Å². The van der Waals surface area contributed by atoms with Crippen molar-refractivity contribution in [3.8, 4) is 11.5 Å². The minimum Gasteiger partial charge on any atom is -0.495 e. The summed E-state index contributed by atoms with van der Waals surface area (Å²) < 4.78 is 16.7. The summed E-state index contributed by atoms with van der Waals surface area (Å²) in [7, 11) is 2.87. The lowest BCUT2D eigenvalue weighted by Crippen LogP contribution is -2.24. The molecule has 3 rings (SSSR count). The van der Waals surface area contributed by atoms with Gasteiger partial charge in [-0.1, -0.05) is 23.7 Å². The van der Waals surface area contributed by atoms with E-state index in [9.17, 15) is 14.4 Å². The zero-order valence-electron chi connectivity index (χ0n) is 17.8. The highest BCUT2D eigenvalue weighted by molar-refractivity contribution is 6.32. The highest BCUT2D eigenvalue weighted by Gasteiger charge is 2.14. The molecule has 1 N–H and O–H groups in total. The van der Waals surface area contributed by atoms with Crippen molar-refractivity contribution in [3.63, 3.8) is 0 Å². The number of hydrogen-bond donors (Lipinski definition) is 1. The number of carbonyl (C=O) groups excluding carboxylic acids is 2. The molecule has 168 valence electrons. The van der Waals surface area contributed by atoms with Crippen LogP contribution in [-0.4, -0.2) is 42.3 Å². The van der Waals surface area contributed by atoms with Crippen molar-refractivity contribution in [2.75, 3.05) is 26.1 Å². The number of benzene rings is 2. The highest BCUT2D eigenvalue weighted by atomic mass is 35.5. The van der Waals surface area contributed by atoms with Gasteiger partial charge in [0.25, 0.3) is 11.5 Å². The Morgan fingerprint density at radius 2 is 1.91 bits per heavy atom. The molecule has 1 amide bonds. The van der Waals surface area contributed by atoms with E-state index in [-0.39, 0.29) is 18.5 Å². The molecule has 1 heterocycles. The zero-order valence-corrected chi connectivity index (χ0v) is 18.6. The summed E-state index contributed by atoms with van der Waals surface area (Å²) >= 11 is 6.04. The second kappa shape index (κ2) is 10.1. The molecule has 0 saturated carbocycles. The number of anilines is 1. The lowest BCUT2D eigenvalue weighted by molar-refractivity contribution is -0.147. The van der Waals surface area contributed by atoms with Gasteiger partial charge in [0.15, 0.2) is 6.61 Å². The number of carbonyl (C=O) groups is 2. The van der Waals surface area contributed by atoms with Gasteiger partial charge in [0.05, 0.1) is 48.6 Å². The van der Waals surface area contributed by atoms with E-state index in [1.165, 1.54) is 37.2 Å². The van der Waals surface area contributed by atoms with Gasteiger partial charge in [-0.15, -0.1) is 0 Å². The molecule has 0 spiro atoms. The van der Waals surface area contributed by atoms with E-state index in [1.54, 1.807) is 12.1 Å². The Hall–Kier alpha value is -3.59. The Morgan fingerprint density at radius 1 is 1.16 bits per heavy atom. The maximum Gasteiger partial charge on any atom is 0.308 e. The minimum absolute atomic E-state index is 0.0817. The van der Waals surface area contributed by atoms with Crippen molar-refractivity contribution in [3.05, 3.63) is 57.6 Å². The third-order valence-electron chi connectivity index (χ3n) is 4.72. The van der Waals surface area contributed by atoms with Gasteiger partial charge in [0.2, 0.25) is 0 Å². The number of nitrogens with one attached hydrogen (secondary N) is 1. The van der Waals surface area contributed by atoms with Crippen molar-refractivity contribution in [2.24, 2.45) is 0 Å². The molecule has 0 aliphatic heterocycles. The summed E-state index contributed by atoms with van der Waals surface area (Å²) in [6.45, 7) is 1.45. The van der Waals surface area contributed by atoms with Crippen molar-refractivity contribution in [1.82, 2.24) is 9.55 Å². The molecule has 0 saturated heterocycles. The van der Waals surface area contributed by atoms with Gasteiger partial charge in [-0.25, -0.2) is 4.98 Å². The Morgan fingerprint density at radius 3 is 2.62 bits per heavy atom. The number of aryl methyl sites for hydroxylation is 2. The summed E-state index contributed by atoms with van der Waals surface area (Å²) in [5.74, 6) is -0.517. The third kappa shape index (κ3) is 5.17. The maximum absolute atomic E-state index is 12.6. The summed E-state index contributed by atoms with van der Waals surface area (Å²) in [5, 5.41) is 3.38. The van der Waals surface area contributed by atoms with Crippen molar-refractivity contribution in [1.29, 1.82) is 0 Å². The van der Waals surface area contributed by atoms with Crippen LogP contribution in [0.1, 0.15) is 12.0 Å². The zero-order chi connectivity index (χ0) is 23.3. The molecule has 10 heteroatoms. The molecule has 9 nitrogen and oxygen atoms in total. The van der Waals surface area contributed by atoms with Crippen LogP contribution in [0, 0.1) is 6.92 Å². The van der Waals surface area contributed by atoms with Crippen molar-refractivity contribution in [2.45, 2.75) is 19.9 Å². The molecule has 0 aliphatic rings. The quantitative estimate of drug-likeness (QED) is 0.516. The number of para-hydroxylation sites is 1. The number of amides is 1. The van der Waals surface area contributed by atoms with Gasteiger partial charge < -0.3 is 19.5 Å². The second-order valence-electron chi connectivity index (χ2n) is 6.86. The van der Waals surface area contributed by atoms with Gasteiger partial charge in [-0.2, -0.15) is 0 Å². The SMILES string of the molecule is COc1cc(NC(=O)COC(=O)CCn2cnc3c(C)cccc3c2=O)c(OC)cc1Cl. The molecule has 0 fully saturated rings. The first-order valence-corrected chi connectivity index (χ1v) is 10.0. The fourth-order valence-corrected chi connectivity index (χ4v) is 3.30. The predicted molar refractivity (Wildman–Crippen MR) is 120 cm³/mol. The lowest BCUT2D eigenvalue weighted by atomic mass is 10.1. The van der Waals surface area contributed by atoms with Crippen LogP contribution < -0.4 is 20.3 Å². The van der Waals surface area contributed by atoms with Crippen LogP contribution in [0.3, 0.4) is 0 Å². The molecule has 0 radical (unpaired) electrons. The molecular weight excluding hydrogens is 438 g/mol. The number of fused-ring (bicyclic) bond motifs is 1. The third-order valence-corrected chi connectivity index (χ3v) is 5.02. The Bertz CT molecular complexity index is 1220. The predicted octanol–water partition coefficient (Wildman–Crippen LogP) is 2.95. The van der Waals surface area contributed by atoms with E-state index >= 15 is 0 Å². The molecule has 3 aromatic rings. The maximum atomic E-state index is 12.6. The normalized spacial score (nSPS) is 10.6. The number of hydrogen-bond acceptors (Lipinski definition) is 7. The van der Waals surface area contributed by atoms with Crippen molar-refractivity contribution >= 4 is 40.1 Å². The average molecular weight is 460 g/mol. The smallest absolute Gasteiger partial charge is 0.308 e. The number of methoxy groups -OCH3 is 2. The van der Waals surface area contributed by atoms with E-state index in [2.05, 4.69) is 10.3 Å². The Balaban J connectivity index is 1.57. The van der Waals surface area contributed by atoms with Crippen molar-refractivity contribution < 1.29 is 23.8 Å². The molecular formula is C22H22ClN3O6. The monoisotopic (exact) mass is 459 g/mol. The van der Waals surface area contributed by atoms with Crippen LogP contribution in [0.4, 0.5) is 5.69 Å². The summed E-state index contributed by atoms with van der Waals surface area (Å²) in [6.07, 6.45) is 1.31. The molecule has 0 unspecified atom stereocenters. The van der Waals surface area contributed by atoms with E-state index in [0.29, 0.717) is 33.1 Å². The summed E-state index contributed by atoms with van der Waals surface area (Å²) in [6, 6.07) is 8.35. The molecule has 0 bridgehead atoms. The Kier molecular flexibility index (Phi) is 7.32. The number of halogens is 1. The number of aromatic nitrogens is 2. The van der Waals surface area contributed by atoms with E-state index in [4.69, 9.17) is 25.8 Å². The van der Waals surface area contributed by atoms with Crippen LogP contribution in [0.25, 0.3) is 10.9 Å². The molecule has 2 aromatic carbocycles. The fourth-order valence-electron chi connectivity index (χ4n) is 3.07. The fraction of sp³-hybridized carbons (Fsp3) is 0.273. The first kappa shape index (κ1) is 23.1. The van der Waals surface area contributed by atoms with Crippen LogP contribution in [0.5, 0.6) is 11.5 Å². The minimum atomic E-state index is -0.628. The topological polar surface area (TPSA) is 109 Å². The van der Waals surface area contributed by atoms with Crippen LogP contribution in [0.2, 0.25) is 5.02 Å². The summed E-state index contributed by atoms with van der Waals surface area (Å²) in [5.41, 5.74) is 1.60. The lowest BCUT2D eigenvalue weighted by Gasteiger charge is -2.13. The molecule has 0 atom stereocenters. The van der Waals surface area contributed by atoms with E-state index in [0.717, 1.165) is 5.56 Å². The second-order valence-corrected chi connectivity index (χ2v) is 7.27. The number of rotatable bonds is 8. The van der Waals surface area contributed by atoms with Crippen LogP contribution in [-0.2, 0) is 20.9 Å². The van der Waals surface area contributed by atoms with Gasteiger partial charge in [-0.3, -0.25) is 19.0 Å². The molecule has 0 aliphatic carbocycles. The highest BCUT2D eigenvalue weighted by Crippen LogP contribution is 2.35. The van der Waals surface area contributed by atoms with Crippen LogP contribution in [0.15, 0.2) is 41.5 Å². The average Bonchev–Trinajstić information content (AvgIpc) is 2.78. The van der Waals surface area contributed by atoms with Crippen LogP contribution >= 0.6 is 11.6 Å². The number of esters is 1. The van der Waals surface area contributed by atoms with Gasteiger partial charge in [0, 0.05) is 18.7 Å². The molecule has 32 heavy (non-hydrogen) atoms. The van der Waals surface area contributed by atoms with Gasteiger partial charge >= 0.3 is 5.97 Å². The first-order chi connectivity index (χ1) is 15.3. The summed E-state index contributed by atoms with van der Waals surface area (Å²) in [4.78, 5) is 41.1. The standard InChI is InChI=1S/C22H22ClN3O6/c1-13-5-4-6-14-21(13)24-12-26(22(14)29)8-7-20(28)32-11-19(27)25-16-10-17(30-2)15(23)9-18(16)31-3/h4-6,9-10,12H,7-8,11H2,1-3H3,(H,25,27). The first-order valence-electron chi connectivity index (χ1n) is 9.65. The molecule has 1 aromatic heterocycles. The van der Waals surface area contributed by atoms with E-state index < -0.39 is 18.5 Å². The largest absolute Gasteiger partial charge is 0.495 e. The van der Waals surface area contributed by atoms with Gasteiger partial charge in [-0.05, 0) is 18.6 Å². The van der Waals surface area contributed by atoms with Gasteiger partial charge in [0.1, 0.15) is 11.5 Å². The number of ether oxygens (including phenoxy) is 3.